The van der Waals surface area contributed by atoms with Gasteiger partial charge in [-0.2, -0.15) is 5.10 Å². The number of carbonyl (C=O) groups excluding carboxylic acids is 1. The average Bonchev–Trinajstić information content (AvgIpc) is 3.25. The predicted octanol–water partition coefficient (Wildman–Crippen LogP) is 6.12. The Morgan fingerprint density at radius 3 is 2.87 bits per heavy atom. The van der Waals surface area contributed by atoms with Gasteiger partial charge >= 0.3 is 0 Å². The van der Waals surface area contributed by atoms with E-state index in [9.17, 15) is 4.79 Å². The number of para-hydroxylation sites is 1. The molecule has 0 saturated carbocycles. The number of halogens is 1. The number of benzene rings is 3. The minimum Gasteiger partial charge on any atom is -0.493 e. The standard InChI is InChI=1S/C30H31ClN4O3/c1-21-26(31)10-4-12-28(21)37-15-5-13-29(36)35-14-6-16-38-30-25(9-3-11-27(30)35)23-18-33-34(20-23)19-22-7-2-8-24(32)17-22/h2-4,7-12,17-18,20H,5-6,13-16,19,32H2,1H3. The molecule has 7 nitrogen and oxygen atoms in total. The van der Waals surface area contributed by atoms with Crippen molar-refractivity contribution in [2.24, 2.45) is 0 Å². The largest absolute Gasteiger partial charge is 0.493 e. The van der Waals surface area contributed by atoms with E-state index in [1.165, 1.54) is 0 Å². The van der Waals surface area contributed by atoms with Crippen LogP contribution in [0.15, 0.2) is 73.1 Å². The van der Waals surface area contributed by atoms with Crippen molar-refractivity contribution in [3.8, 4) is 22.6 Å². The first-order valence-corrected chi connectivity index (χ1v) is 13.2. The zero-order valence-corrected chi connectivity index (χ0v) is 22.2. The number of ether oxygens (including phenoxy) is 2. The molecule has 4 aromatic rings. The van der Waals surface area contributed by atoms with Crippen molar-refractivity contribution in [1.29, 1.82) is 0 Å². The number of nitrogens with zero attached hydrogens (tertiary/aromatic N) is 3. The summed E-state index contributed by atoms with van der Waals surface area (Å²) in [7, 11) is 0. The van der Waals surface area contributed by atoms with Crippen LogP contribution in [0.3, 0.4) is 0 Å². The molecule has 3 aromatic carbocycles. The first-order chi connectivity index (χ1) is 18.5. The second kappa shape index (κ2) is 11.6. The highest BCUT2D eigenvalue weighted by Crippen LogP contribution is 2.40. The van der Waals surface area contributed by atoms with E-state index < -0.39 is 0 Å². The van der Waals surface area contributed by atoms with Crippen molar-refractivity contribution in [2.45, 2.75) is 32.7 Å². The lowest BCUT2D eigenvalue weighted by Crippen LogP contribution is -2.31. The smallest absolute Gasteiger partial charge is 0.227 e. The van der Waals surface area contributed by atoms with Crippen LogP contribution in [0.4, 0.5) is 11.4 Å². The van der Waals surface area contributed by atoms with Crippen LogP contribution >= 0.6 is 11.6 Å². The first-order valence-electron chi connectivity index (χ1n) is 12.8. The van der Waals surface area contributed by atoms with Crippen molar-refractivity contribution in [1.82, 2.24) is 9.78 Å². The second-order valence-corrected chi connectivity index (χ2v) is 9.80. The van der Waals surface area contributed by atoms with Gasteiger partial charge in [0.25, 0.3) is 0 Å². The fourth-order valence-corrected chi connectivity index (χ4v) is 4.81. The molecule has 0 aliphatic carbocycles. The molecular weight excluding hydrogens is 500 g/mol. The Kier molecular flexibility index (Phi) is 7.84. The summed E-state index contributed by atoms with van der Waals surface area (Å²) in [4.78, 5) is 15.1. The first kappa shape index (κ1) is 25.7. The molecule has 5 rings (SSSR count). The number of anilines is 2. The van der Waals surface area contributed by atoms with Gasteiger partial charge in [0.1, 0.15) is 5.75 Å². The molecule has 0 spiro atoms. The molecule has 0 atom stereocenters. The third kappa shape index (κ3) is 5.78. The van der Waals surface area contributed by atoms with Crippen molar-refractivity contribution in [2.75, 3.05) is 30.4 Å². The molecule has 0 unspecified atom stereocenters. The minimum absolute atomic E-state index is 0.0534. The van der Waals surface area contributed by atoms with Crippen LogP contribution in [-0.2, 0) is 11.3 Å². The van der Waals surface area contributed by atoms with Crippen LogP contribution < -0.4 is 20.1 Å². The fraction of sp³-hybridized carbons (Fsp3) is 0.267. The van der Waals surface area contributed by atoms with Gasteiger partial charge in [0, 0.05) is 46.6 Å². The van der Waals surface area contributed by atoms with E-state index in [1.807, 2.05) is 89.6 Å². The molecule has 196 valence electrons. The highest BCUT2D eigenvalue weighted by atomic mass is 35.5. The van der Waals surface area contributed by atoms with Crippen LogP contribution in [0, 0.1) is 6.92 Å². The third-order valence-electron chi connectivity index (χ3n) is 6.61. The topological polar surface area (TPSA) is 82.6 Å². The number of hydrogen-bond donors (Lipinski definition) is 1. The van der Waals surface area contributed by atoms with Gasteiger partial charge in [0.05, 0.1) is 31.6 Å². The summed E-state index contributed by atoms with van der Waals surface area (Å²) >= 11 is 6.18. The lowest BCUT2D eigenvalue weighted by molar-refractivity contribution is -0.118. The van der Waals surface area contributed by atoms with Gasteiger partial charge in [0.2, 0.25) is 5.91 Å². The van der Waals surface area contributed by atoms with Gasteiger partial charge in [-0.15, -0.1) is 0 Å². The van der Waals surface area contributed by atoms with Crippen LogP contribution in [0.5, 0.6) is 11.5 Å². The average molecular weight is 531 g/mol. The number of fused-ring (bicyclic) bond motifs is 1. The maximum atomic E-state index is 13.3. The Morgan fingerprint density at radius 1 is 1.16 bits per heavy atom. The second-order valence-electron chi connectivity index (χ2n) is 9.39. The summed E-state index contributed by atoms with van der Waals surface area (Å²) in [5.41, 5.74) is 11.3. The molecule has 38 heavy (non-hydrogen) atoms. The quantitative estimate of drug-likeness (QED) is 0.219. The molecule has 1 aliphatic rings. The summed E-state index contributed by atoms with van der Waals surface area (Å²) in [6.45, 7) is 4.13. The lowest BCUT2D eigenvalue weighted by Gasteiger charge is -2.23. The Morgan fingerprint density at radius 2 is 2.00 bits per heavy atom. The molecule has 0 saturated heterocycles. The van der Waals surface area contributed by atoms with Crippen LogP contribution in [0.25, 0.3) is 11.1 Å². The predicted molar refractivity (Wildman–Crippen MR) is 151 cm³/mol. The molecule has 0 radical (unpaired) electrons. The van der Waals surface area contributed by atoms with Gasteiger partial charge in [-0.25, -0.2) is 0 Å². The van der Waals surface area contributed by atoms with E-state index in [0.29, 0.717) is 49.9 Å². The minimum atomic E-state index is 0.0534. The van der Waals surface area contributed by atoms with Gasteiger partial charge in [0.15, 0.2) is 5.75 Å². The number of nitrogen functional groups attached to an aromatic ring is 1. The Labute approximate surface area is 227 Å². The Balaban J connectivity index is 1.28. The molecule has 2 N–H and O–H groups in total. The Hall–Kier alpha value is -3.97. The summed E-state index contributed by atoms with van der Waals surface area (Å²) in [5, 5.41) is 5.22. The van der Waals surface area contributed by atoms with Crippen molar-refractivity contribution in [3.63, 3.8) is 0 Å². The molecular formula is C30H31ClN4O3. The number of aromatic nitrogens is 2. The number of amides is 1. The van der Waals surface area contributed by atoms with Gasteiger partial charge in [-0.1, -0.05) is 41.9 Å². The van der Waals surface area contributed by atoms with Crippen LogP contribution in [0.2, 0.25) is 5.02 Å². The molecule has 1 aliphatic heterocycles. The number of rotatable bonds is 8. The van der Waals surface area contributed by atoms with Crippen LogP contribution in [0.1, 0.15) is 30.4 Å². The monoisotopic (exact) mass is 530 g/mol. The summed E-state index contributed by atoms with van der Waals surface area (Å²) in [6, 6.07) is 19.3. The SMILES string of the molecule is Cc1c(Cl)cccc1OCCCC(=O)N1CCCOc2c(-c3cnn(Cc4cccc(N)c4)c3)cccc21. The summed E-state index contributed by atoms with van der Waals surface area (Å²) in [5.74, 6) is 1.52. The van der Waals surface area contributed by atoms with E-state index >= 15 is 0 Å². The Bertz CT molecular complexity index is 1430. The zero-order valence-electron chi connectivity index (χ0n) is 21.4. The van der Waals surface area contributed by atoms with Gasteiger partial charge in [-0.3, -0.25) is 9.48 Å². The number of nitrogens with two attached hydrogens (primary N) is 1. The van der Waals surface area contributed by atoms with E-state index in [1.54, 1.807) is 0 Å². The third-order valence-corrected chi connectivity index (χ3v) is 7.02. The fourth-order valence-electron chi connectivity index (χ4n) is 4.64. The van der Waals surface area contributed by atoms with E-state index in [-0.39, 0.29) is 5.91 Å². The molecule has 8 heteroatoms. The molecule has 2 heterocycles. The van der Waals surface area contributed by atoms with Gasteiger partial charge < -0.3 is 20.1 Å². The molecule has 1 amide bonds. The molecule has 1 aromatic heterocycles. The van der Waals surface area contributed by atoms with E-state index in [0.717, 1.165) is 45.8 Å². The highest BCUT2D eigenvalue weighted by molar-refractivity contribution is 6.31. The zero-order chi connectivity index (χ0) is 26.5. The van der Waals surface area contributed by atoms with E-state index in [2.05, 4.69) is 5.10 Å². The maximum Gasteiger partial charge on any atom is 0.227 e. The lowest BCUT2D eigenvalue weighted by atomic mass is 10.1. The summed E-state index contributed by atoms with van der Waals surface area (Å²) < 4.78 is 13.9. The van der Waals surface area contributed by atoms with Crippen molar-refractivity contribution >= 4 is 28.9 Å². The van der Waals surface area contributed by atoms with Crippen molar-refractivity contribution in [3.05, 3.63) is 89.2 Å². The summed E-state index contributed by atoms with van der Waals surface area (Å²) in [6.07, 6.45) is 5.56. The molecule has 0 fully saturated rings. The normalized spacial score (nSPS) is 12.9. The van der Waals surface area contributed by atoms with Crippen molar-refractivity contribution < 1.29 is 14.3 Å². The molecule has 0 bridgehead atoms. The number of carbonyl (C=O) groups is 1. The number of hydrogen-bond acceptors (Lipinski definition) is 5. The van der Waals surface area contributed by atoms with E-state index in [4.69, 9.17) is 26.8 Å². The highest BCUT2D eigenvalue weighted by Gasteiger charge is 2.25. The maximum absolute atomic E-state index is 13.3. The van der Waals surface area contributed by atoms with Gasteiger partial charge in [-0.05, 0) is 55.7 Å². The van der Waals surface area contributed by atoms with Crippen LogP contribution in [-0.4, -0.2) is 35.4 Å².